The summed E-state index contributed by atoms with van der Waals surface area (Å²) in [4.78, 5) is 17.7. The lowest BCUT2D eigenvalue weighted by Crippen LogP contribution is -2.69. The molecule has 448 valence electrons. The summed E-state index contributed by atoms with van der Waals surface area (Å²) in [5.74, 6) is -0.482. The molecule has 84 heavy (non-hydrogen) atoms. The van der Waals surface area contributed by atoms with Gasteiger partial charge in [-0.1, -0.05) is 271 Å². The van der Waals surface area contributed by atoms with Crippen molar-refractivity contribution in [2.24, 2.45) is 5.11 Å². The molecule has 11 atom stereocenters. The number of hydrogen-bond acceptors (Lipinski definition) is 12. The molecule has 0 aromatic heterocycles. The topological polar surface area (TPSA) is 169 Å². The maximum atomic E-state index is 14.3. The van der Waals surface area contributed by atoms with Gasteiger partial charge in [0.05, 0.1) is 46.2 Å². The highest BCUT2D eigenvalue weighted by Gasteiger charge is 2.58. The van der Waals surface area contributed by atoms with Gasteiger partial charge in [-0.15, -0.1) is 0 Å². The first-order chi connectivity index (χ1) is 41.5. The minimum Gasteiger partial charge on any atom is -0.457 e. The van der Waals surface area contributed by atoms with Gasteiger partial charge in [-0.2, -0.15) is 0 Å². The van der Waals surface area contributed by atoms with Gasteiger partial charge in [-0.05, 0) is 45.3 Å². The molecule has 1 aliphatic carbocycles. The summed E-state index contributed by atoms with van der Waals surface area (Å²) in [6.07, 6.45) is 3.68. The quantitative estimate of drug-likeness (QED) is 0.0129. The van der Waals surface area contributed by atoms with Gasteiger partial charge in [0.2, 0.25) is 0 Å². The normalized spacial score (nSPS) is 23.1. The lowest BCUT2D eigenvalue weighted by Gasteiger charge is -2.50. The molecular formula is C70H87N3O11. The number of aliphatic hydroxyl groups excluding tert-OH is 1. The Morgan fingerprint density at radius 3 is 1.20 bits per heavy atom. The van der Waals surface area contributed by atoms with Crippen LogP contribution in [0.25, 0.3) is 10.4 Å². The third-order valence-electron chi connectivity index (χ3n) is 15.6. The second-order valence-corrected chi connectivity index (χ2v) is 22.1. The molecule has 1 saturated heterocycles. The van der Waals surface area contributed by atoms with E-state index in [0.717, 1.165) is 52.6 Å². The van der Waals surface area contributed by atoms with E-state index in [4.69, 9.17) is 42.6 Å². The van der Waals surface area contributed by atoms with Crippen LogP contribution in [0.2, 0.25) is 0 Å². The highest BCUT2D eigenvalue weighted by Crippen LogP contribution is 2.38. The lowest BCUT2D eigenvalue weighted by molar-refractivity contribution is -0.336. The molecule has 4 unspecified atom stereocenters. The predicted octanol–water partition coefficient (Wildman–Crippen LogP) is 14.7. The molecule has 1 heterocycles. The van der Waals surface area contributed by atoms with Crippen LogP contribution < -0.4 is 0 Å². The maximum Gasteiger partial charge on any atom is 0.306 e. The van der Waals surface area contributed by atoms with E-state index in [1.807, 2.05) is 182 Å². The van der Waals surface area contributed by atoms with Crippen LogP contribution >= 0.6 is 0 Å². The van der Waals surface area contributed by atoms with E-state index in [1.54, 1.807) is 0 Å². The van der Waals surface area contributed by atoms with Crippen molar-refractivity contribution in [2.45, 2.75) is 204 Å². The van der Waals surface area contributed by atoms with E-state index >= 15 is 0 Å². The Morgan fingerprint density at radius 1 is 0.452 bits per heavy atom. The standard InChI is InChI=1S/C70H87N3O11/c1-2-3-4-5-6-7-8-9-10-11-12-13-32-45-60(74)83-65-62(75)66(68(80-50-57-41-28-18-29-42-57)69(81-51-58-43-30-19-31-44-58)67(65)79-49-56-39-26-17-27-40-56)84-70-61(72-73-71)64(78-48-55-37-24-16-25-38-55)63(77-47-54-35-22-15-23-36-54)59(82-70)52-76-46-53-33-20-14-21-34-53/h14-31,33-44,59,61-70,75H,2-13,32,45-52H2,1H3/t59?,61?,62-,63+,64-,65+,66?,67?,68+,69-,70+/m0/s1. The lowest BCUT2D eigenvalue weighted by atomic mass is 9.83. The molecule has 1 N–H and O–H groups in total. The maximum absolute atomic E-state index is 14.3. The van der Waals surface area contributed by atoms with E-state index in [2.05, 4.69) is 16.9 Å². The molecule has 0 bridgehead atoms. The molecule has 8 rings (SSSR count). The van der Waals surface area contributed by atoms with Crippen LogP contribution in [0.4, 0.5) is 0 Å². The highest BCUT2D eigenvalue weighted by molar-refractivity contribution is 5.69. The van der Waals surface area contributed by atoms with Crippen molar-refractivity contribution in [1.29, 1.82) is 0 Å². The van der Waals surface area contributed by atoms with Crippen molar-refractivity contribution in [3.63, 3.8) is 0 Å². The Hall–Kier alpha value is -6.26. The summed E-state index contributed by atoms with van der Waals surface area (Å²) >= 11 is 0. The average molecular weight is 1150 g/mol. The van der Waals surface area contributed by atoms with Gasteiger partial charge in [-0.3, -0.25) is 4.79 Å². The number of ether oxygens (including phenoxy) is 9. The Balaban J connectivity index is 1.12. The summed E-state index contributed by atoms with van der Waals surface area (Å²) in [6.45, 7) is 3.13. The van der Waals surface area contributed by atoms with Gasteiger partial charge in [0, 0.05) is 11.3 Å². The van der Waals surface area contributed by atoms with Crippen LogP contribution in [0.15, 0.2) is 187 Å². The summed E-state index contributed by atoms with van der Waals surface area (Å²) in [6, 6.07) is 57.2. The van der Waals surface area contributed by atoms with Gasteiger partial charge < -0.3 is 47.7 Å². The molecule has 2 fully saturated rings. The van der Waals surface area contributed by atoms with Crippen molar-refractivity contribution < 1.29 is 52.5 Å². The molecule has 6 aromatic rings. The van der Waals surface area contributed by atoms with Crippen LogP contribution in [0.1, 0.15) is 130 Å². The van der Waals surface area contributed by atoms with Gasteiger partial charge in [0.1, 0.15) is 54.9 Å². The van der Waals surface area contributed by atoms with E-state index in [-0.39, 0.29) is 52.7 Å². The van der Waals surface area contributed by atoms with Crippen molar-refractivity contribution in [1.82, 2.24) is 0 Å². The number of carbonyl (C=O) groups is 1. The largest absolute Gasteiger partial charge is 0.457 e. The van der Waals surface area contributed by atoms with Gasteiger partial charge in [-0.25, -0.2) is 0 Å². The number of rotatable bonds is 37. The number of hydrogen-bond donors (Lipinski definition) is 1. The molecule has 14 heteroatoms. The zero-order valence-corrected chi connectivity index (χ0v) is 48.9. The summed E-state index contributed by atoms with van der Waals surface area (Å²) < 4.78 is 61.7. The SMILES string of the molecule is CCCCCCCCCCCCCCCC(=O)O[C@H]1C(OCc2ccccc2)[C@H](OCc2ccccc2)[C@H](OCc2ccccc2)C(O[C@H]2OC(COCc3ccccc3)[C@@H](OCc3ccccc3)[C@@H](OCc3ccccc3)C2N=[N+]=[N-])[C@H]1O. The van der Waals surface area contributed by atoms with Gasteiger partial charge in [0.25, 0.3) is 0 Å². The van der Waals surface area contributed by atoms with Crippen LogP contribution in [0.3, 0.4) is 0 Å². The summed E-state index contributed by atoms with van der Waals surface area (Å²) in [5, 5.41) is 17.6. The highest BCUT2D eigenvalue weighted by atomic mass is 16.7. The van der Waals surface area contributed by atoms with Crippen molar-refractivity contribution in [3.8, 4) is 0 Å². The van der Waals surface area contributed by atoms with Gasteiger partial charge in [0.15, 0.2) is 12.4 Å². The number of azide groups is 1. The monoisotopic (exact) mass is 1150 g/mol. The molecular weight excluding hydrogens is 1060 g/mol. The fourth-order valence-electron chi connectivity index (χ4n) is 11.1. The first kappa shape index (κ1) is 63.8. The van der Waals surface area contributed by atoms with E-state index in [0.29, 0.717) is 6.42 Å². The van der Waals surface area contributed by atoms with Crippen molar-refractivity contribution in [3.05, 3.63) is 226 Å². The van der Waals surface area contributed by atoms with Crippen molar-refractivity contribution >= 4 is 5.97 Å². The van der Waals surface area contributed by atoms with Gasteiger partial charge >= 0.3 is 5.97 Å². The van der Waals surface area contributed by atoms with E-state index < -0.39 is 73.2 Å². The number of aliphatic hydroxyl groups is 1. The molecule has 2 aliphatic rings. The Labute approximate surface area is 497 Å². The Kier molecular flexibility index (Phi) is 27.7. The van der Waals surface area contributed by atoms with Crippen LogP contribution in [-0.2, 0) is 87.1 Å². The fourth-order valence-corrected chi connectivity index (χ4v) is 11.1. The van der Waals surface area contributed by atoms with E-state index in [9.17, 15) is 15.4 Å². The zero-order chi connectivity index (χ0) is 58.2. The smallest absolute Gasteiger partial charge is 0.306 e. The molecule has 0 spiro atoms. The second kappa shape index (κ2) is 36.6. The number of nitrogens with zero attached hydrogens (tertiary/aromatic N) is 3. The third kappa shape index (κ3) is 20.8. The fraction of sp³-hybridized carbons (Fsp3) is 0.471. The number of carbonyl (C=O) groups excluding carboxylic acids is 1. The van der Waals surface area contributed by atoms with Crippen molar-refractivity contribution in [2.75, 3.05) is 6.61 Å². The molecule has 1 aliphatic heterocycles. The predicted molar refractivity (Wildman–Crippen MR) is 324 cm³/mol. The number of esters is 1. The molecule has 14 nitrogen and oxygen atoms in total. The van der Waals surface area contributed by atoms with Crippen LogP contribution in [0, 0.1) is 0 Å². The second-order valence-electron chi connectivity index (χ2n) is 22.1. The summed E-state index contributed by atoms with van der Waals surface area (Å²) in [5.41, 5.74) is 15.8. The van der Waals surface area contributed by atoms with Crippen LogP contribution in [-0.4, -0.2) is 85.0 Å². The minimum absolute atomic E-state index is 0.0151. The average Bonchev–Trinajstić information content (AvgIpc) is 2.74. The third-order valence-corrected chi connectivity index (χ3v) is 15.6. The molecule has 6 aromatic carbocycles. The molecule has 0 amide bonds. The zero-order valence-electron chi connectivity index (χ0n) is 48.9. The Bertz CT molecular complexity index is 2750. The number of benzene rings is 6. The van der Waals surface area contributed by atoms with E-state index in [1.165, 1.54) is 57.8 Å². The first-order valence-corrected chi connectivity index (χ1v) is 30.6. The summed E-state index contributed by atoms with van der Waals surface area (Å²) in [7, 11) is 0. The van der Waals surface area contributed by atoms with Crippen LogP contribution in [0.5, 0.6) is 0 Å². The molecule has 0 radical (unpaired) electrons. The Morgan fingerprint density at radius 2 is 0.798 bits per heavy atom. The minimum atomic E-state index is -1.60. The number of unbranched alkanes of at least 4 members (excludes halogenated alkanes) is 12. The first-order valence-electron chi connectivity index (χ1n) is 30.6. The molecule has 1 saturated carbocycles.